The summed E-state index contributed by atoms with van der Waals surface area (Å²) in [5.74, 6) is 0.652. The van der Waals surface area contributed by atoms with Crippen LogP contribution >= 0.6 is 0 Å². The molecule has 0 atom stereocenters. The molecule has 0 N–H and O–H groups in total. The van der Waals surface area contributed by atoms with Gasteiger partial charge in [0.2, 0.25) is 0 Å². The van der Waals surface area contributed by atoms with Crippen LogP contribution in [0.25, 0.3) is 10.9 Å². The van der Waals surface area contributed by atoms with Crippen LogP contribution in [0.5, 0.6) is 23.0 Å². The lowest BCUT2D eigenvalue weighted by molar-refractivity contribution is 0.205. The van der Waals surface area contributed by atoms with Gasteiger partial charge in [-0.25, -0.2) is 18.9 Å². The summed E-state index contributed by atoms with van der Waals surface area (Å²) in [4.78, 5) is 34.2. The maximum Gasteiger partial charge on any atom is 0.332 e. The van der Waals surface area contributed by atoms with Crippen LogP contribution in [-0.2, 0) is 0 Å². The topological polar surface area (TPSA) is 84.4 Å². The third-order valence-corrected chi connectivity index (χ3v) is 6.32. The van der Waals surface area contributed by atoms with Gasteiger partial charge >= 0.3 is 12.1 Å². The second-order valence-corrected chi connectivity index (χ2v) is 8.51. The molecule has 9 nitrogen and oxygen atoms in total. The maximum absolute atomic E-state index is 15.1. The van der Waals surface area contributed by atoms with Crippen LogP contribution in [0.4, 0.5) is 25.4 Å². The number of amides is 4. The summed E-state index contributed by atoms with van der Waals surface area (Å²) < 4.78 is 31.7. The standard InChI is InChI=1S/C28H25FN4O5/c1-31(27(34)33-14-13-32(28(33)35)18-7-5-4-6-8-18)19-9-10-24(21(29)15-19)38-23-11-12-30-22-17-26(37-3)25(36-2)16-20(22)23/h4-12,15-17H,13-14H2,1-3H3. The average Bonchev–Trinajstić information content (AvgIpc) is 3.34. The maximum atomic E-state index is 15.1. The van der Waals surface area contributed by atoms with E-state index in [0.717, 1.165) is 4.90 Å². The first-order valence-corrected chi connectivity index (χ1v) is 11.8. The fourth-order valence-corrected chi connectivity index (χ4v) is 4.29. The van der Waals surface area contributed by atoms with Gasteiger partial charge in [0.25, 0.3) is 0 Å². The number of para-hydroxylation sites is 1. The quantitative estimate of drug-likeness (QED) is 0.328. The van der Waals surface area contributed by atoms with Crippen molar-refractivity contribution in [2.24, 2.45) is 0 Å². The number of carbonyl (C=O) groups is 2. The third kappa shape index (κ3) is 4.52. The number of halogens is 1. The van der Waals surface area contributed by atoms with Crippen molar-refractivity contribution in [1.82, 2.24) is 9.88 Å². The molecule has 2 heterocycles. The summed E-state index contributed by atoms with van der Waals surface area (Å²) in [6.07, 6.45) is 1.55. The lowest BCUT2D eigenvalue weighted by Crippen LogP contribution is -2.43. The molecular formula is C28H25FN4O5. The molecule has 1 aromatic heterocycles. The van der Waals surface area contributed by atoms with E-state index >= 15 is 4.39 Å². The molecule has 4 aromatic rings. The van der Waals surface area contributed by atoms with Crippen molar-refractivity contribution in [2.75, 3.05) is 44.2 Å². The molecule has 0 aliphatic carbocycles. The van der Waals surface area contributed by atoms with E-state index in [4.69, 9.17) is 14.2 Å². The number of imide groups is 1. The predicted molar refractivity (Wildman–Crippen MR) is 141 cm³/mol. The Morgan fingerprint density at radius 1 is 0.921 bits per heavy atom. The minimum atomic E-state index is -0.675. The average molecular weight is 517 g/mol. The molecular weight excluding hydrogens is 491 g/mol. The van der Waals surface area contributed by atoms with E-state index in [1.807, 2.05) is 30.3 Å². The van der Waals surface area contributed by atoms with Crippen LogP contribution in [-0.4, -0.2) is 56.3 Å². The van der Waals surface area contributed by atoms with E-state index in [1.54, 1.807) is 30.5 Å². The van der Waals surface area contributed by atoms with Gasteiger partial charge in [-0.2, -0.15) is 0 Å². The van der Waals surface area contributed by atoms with E-state index in [-0.39, 0.29) is 18.0 Å². The second kappa shape index (κ2) is 10.3. The number of anilines is 2. The number of pyridine rings is 1. The number of aromatic nitrogens is 1. The van der Waals surface area contributed by atoms with Gasteiger partial charge in [0.15, 0.2) is 23.1 Å². The molecule has 1 aliphatic rings. The number of hydrogen-bond acceptors (Lipinski definition) is 6. The van der Waals surface area contributed by atoms with Gasteiger partial charge in [0.05, 0.1) is 26.3 Å². The lowest BCUT2D eigenvalue weighted by Gasteiger charge is -2.24. The zero-order valence-electron chi connectivity index (χ0n) is 21.1. The van der Waals surface area contributed by atoms with Crippen molar-refractivity contribution < 1.29 is 28.2 Å². The summed E-state index contributed by atoms with van der Waals surface area (Å²) >= 11 is 0. The monoisotopic (exact) mass is 516 g/mol. The second-order valence-electron chi connectivity index (χ2n) is 8.51. The van der Waals surface area contributed by atoms with Crippen LogP contribution in [0.15, 0.2) is 72.9 Å². The Bertz CT molecular complexity index is 1510. The van der Waals surface area contributed by atoms with Crippen molar-refractivity contribution in [3.05, 3.63) is 78.7 Å². The zero-order chi connectivity index (χ0) is 26.8. The van der Waals surface area contributed by atoms with Gasteiger partial charge in [0, 0.05) is 48.7 Å². The Morgan fingerprint density at radius 3 is 2.37 bits per heavy atom. The van der Waals surface area contributed by atoms with Gasteiger partial charge < -0.3 is 14.2 Å². The molecule has 0 unspecified atom stereocenters. The summed E-state index contributed by atoms with van der Waals surface area (Å²) in [7, 11) is 4.54. The number of methoxy groups -OCH3 is 2. The molecule has 0 saturated carbocycles. The van der Waals surface area contributed by atoms with Crippen LogP contribution < -0.4 is 24.0 Å². The van der Waals surface area contributed by atoms with E-state index in [1.165, 1.54) is 43.2 Å². The molecule has 0 bridgehead atoms. The molecule has 194 valence electrons. The van der Waals surface area contributed by atoms with E-state index in [2.05, 4.69) is 4.98 Å². The Labute approximate surface area is 218 Å². The van der Waals surface area contributed by atoms with E-state index in [0.29, 0.717) is 40.4 Å². The molecule has 1 aliphatic heterocycles. The van der Waals surface area contributed by atoms with Crippen molar-refractivity contribution in [2.45, 2.75) is 0 Å². The first-order chi connectivity index (χ1) is 18.4. The van der Waals surface area contributed by atoms with Crippen LogP contribution in [0.3, 0.4) is 0 Å². The SMILES string of the molecule is COc1cc2nccc(Oc3ccc(N(C)C(=O)N4CCN(c5ccccc5)C4=O)cc3F)c2cc1OC. The number of benzene rings is 3. The highest BCUT2D eigenvalue weighted by molar-refractivity contribution is 6.08. The molecule has 10 heteroatoms. The number of hydrogen-bond donors (Lipinski definition) is 0. The number of fused-ring (bicyclic) bond motifs is 1. The van der Waals surface area contributed by atoms with Crippen molar-refractivity contribution in [3.63, 3.8) is 0 Å². The number of rotatable bonds is 6. The summed E-state index contributed by atoms with van der Waals surface area (Å²) in [6, 6.07) is 17.4. The predicted octanol–water partition coefficient (Wildman–Crippen LogP) is 5.68. The lowest BCUT2D eigenvalue weighted by atomic mass is 10.1. The molecule has 38 heavy (non-hydrogen) atoms. The smallest absolute Gasteiger partial charge is 0.332 e. The van der Waals surface area contributed by atoms with E-state index in [9.17, 15) is 9.59 Å². The minimum Gasteiger partial charge on any atom is -0.493 e. The third-order valence-electron chi connectivity index (χ3n) is 6.32. The van der Waals surface area contributed by atoms with Crippen LogP contribution in [0, 0.1) is 5.82 Å². The normalized spacial score (nSPS) is 13.1. The molecule has 0 radical (unpaired) electrons. The Kier molecular flexibility index (Phi) is 6.69. The highest BCUT2D eigenvalue weighted by Crippen LogP contribution is 2.38. The number of nitrogens with zero attached hydrogens (tertiary/aromatic N) is 4. The van der Waals surface area contributed by atoms with Gasteiger partial charge in [-0.3, -0.25) is 14.8 Å². The number of carbonyl (C=O) groups excluding carboxylic acids is 2. The highest BCUT2D eigenvalue weighted by Gasteiger charge is 2.36. The zero-order valence-corrected chi connectivity index (χ0v) is 21.1. The Balaban J connectivity index is 1.35. The summed E-state index contributed by atoms with van der Waals surface area (Å²) in [6.45, 7) is 0.601. The minimum absolute atomic E-state index is 0.0376. The first-order valence-electron chi connectivity index (χ1n) is 11.8. The molecule has 4 amide bonds. The fourth-order valence-electron chi connectivity index (χ4n) is 4.29. The van der Waals surface area contributed by atoms with Crippen LogP contribution in [0.1, 0.15) is 0 Å². The van der Waals surface area contributed by atoms with Crippen LogP contribution in [0.2, 0.25) is 0 Å². The fraction of sp³-hybridized carbons (Fsp3) is 0.179. The summed E-state index contributed by atoms with van der Waals surface area (Å²) in [5, 5.41) is 0.608. The van der Waals surface area contributed by atoms with Gasteiger partial charge in [0.1, 0.15) is 5.75 Å². The Morgan fingerprint density at radius 2 is 1.66 bits per heavy atom. The number of urea groups is 2. The first kappa shape index (κ1) is 24.8. The molecule has 1 fully saturated rings. The van der Waals surface area contributed by atoms with Gasteiger partial charge in [-0.15, -0.1) is 0 Å². The van der Waals surface area contributed by atoms with Gasteiger partial charge in [-0.1, -0.05) is 18.2 Å². The molecule has 1 saturated heterocycles. The molecule has 5 rings (SSSR count). The highest BCUT2D eigenvalue weighted by atomic mass is 19.1. The molecule has 0 spiro atoms. The molecule has 3 aromatic carbocycles. The van der Waals surface area contributed by atoms with Crippen molar-refractivity contribution in [1.29, 1.82) is 0 Å². The van der Waals surface area contributed by atoms with Gasteiger partial charge in [-0.05, 0) is 36.4 Å². The van der Waals surface area contributed by atoms with Crippen molar-refractivity contribution >= 4 is 34.3 Å². The largest absolute Gasteiger partial charge is 0.493 e. The van der Waals surface area contributed by atoms with Crippen molar-refractivity contribution in [3.8, 4) is 23.0 Å². The van der Waals surface area contributed by atoms with E-state index < -0.39 is 17.9 Å². The Hall–Kier alpha value is -4.86. The number of ether oxygens (including phenoxy) is 3. The summed E-state index contributed by atoms with van der Waals surface area (Å²) in [5.41, 5.74) is 1.57.